The number of anilines is 1. The highest BCUT2D eigenvalue weighted by Crippen LogP contribution is 2.41. The van der Waals surface area contributed by atoms with Gasteiger partial charge < -0.3 is 9.64 Å². The van der Waals surface area contributed by atoms with Gasteiger partial charge in [0.1, 0.15) is 0 Å². The van der Waals surface area contributed by atoms with Crippen LogP contribution in [0.2, 0.25) is 0 Å². The first-order valence-corrected chi connectivity index (χ1v) is 12.0. The van der Waals surface area contributed by atoms with Crippen molar-refractivity contribution < 1.29 is 27.5 Å². The van der Waals surface area contributed by atoms with Gasteiger partial charge in [0.25, 0.3) is 0 Å². The summed E-state index contributed by atoms with van der Waals surface area (Å²) in [5.41, 5.74) is 0.394. The van der Waals surface area contributed by atoms with Crippen molar-refractivity contribution in [2.45, 2.75) is 32.5 Å². The van der Waals surface area contributed by atoms with E-state index in [1.54, 1.807) is 31.2 Å². The van der Waals surface area contributed by atoms with Gasteiger partial charge in [-0.25, -0.2) is 9.59 Å². The molecule has 0 aromatic heterocycles. The Hall–Kier alpha value is -3.32. The van der Waals surface area contributed by atoms with Gasteiger partial charge >= 0.3 is 18.2 Å². The fraction of sp³-hybridized carbons (Fsp3) is 0.320. The van der Waals surface area contributed by atoms with Crippen molar-refractivity contribution in [2.24, 2.45) is 0 Å². The molecule has 1 aliphatic rings. The Balaban J connectivity index is 2.25. The highest BCUT2D eigenvalue weighted by Gasteiger charge is 2.43. The summed E-state index contributed by atoms with van der Waals surface area (Å²) in [5.74, 6) is -0.673. The quantitative estimate of drug-likeness (QED) is 0.305. The van der Waals surface area contributed by atoms with Crippen molar-refractivity contribution in [3.05, 3.63) is 76.5 Å². The first kappa shape index (κ1) is 26.3. The number of hydrogen-bond acceptors (Lipinski definition) is 4. The Morgan fingerprint density at radius 1 is 1.20 bits per heavy atom. The maximum atomic E-state index is 13.8. The number of amides is 2. The van der Waals surface area contributed by atoms with E-state index in [1.165, 1.54) is 24.0 Å². The predicted octanol–water partition coefficient (Wildman–Crippen LogP) is 6.18. The molecule has 0 aliphatic carbocycles. The highest BCUT2D eigenvalue weighted by atomic mass is 79.9. The molecule has 0 bridgehead atoms. The average molecular weight is 550 g/mol. The lowest BCUT2D eigenvalue weighted by atomic mass is 9.92. The SMILES string of the molecule is CCOC(=O)C1=C(C)N(c2cccc(C(F)(F)F)c2)C(=O)N(CCCBr)C1c1ccc(C#N)cc1. The van der Waals surface area contributed by atoms with Crippen molar-refractivity contribution in [1.82, 2.24) is 4.90 Å². The summed E-state index contributed by atoms with van der Waals surface area (Å²) in [6, 6.07) is 11.5. The maximum absolute atomic E-state index is 13.8. The van der Waals surface area contributed by atoms with Crippen LogP contribution in [0.4, 0.5) is 23.7 Å². The largest absolute Gasteiger partial charge is 0.463 e. The van der Waals surface area contributed by atoms with Gasteiger partial charge in [-0.1, -0.05) is 34.1 Å². The summed E-state index contributed by atoms with van der Waals surface area (Å²) in [6.07, 6.45) is -4.07. The molecule has 35 heavy (non-hydrogen) atoms. The van der Waals surface area contributed by atoms with Gasteiger partial charge in [-0.05, 0) is 56.2 Å². The van der Waals surface area contributed by atoms with Crippen LogP contribution < -0.4 is 4.90 Å². The molecule has 2 aromatic rings. The predicted molar refractivity (Wildman–Crippen MR) is 128 cm³/mol. The van der Waals surface area contributed by atoms with Crippen LogP contribution in [0.15, 0.2) is 59.8 Å². The number of hydrogen-bond donors (Lipinski definition) is 0. The van der Waals surface area contributed by atoms with Crippen LogP contribution in [0.5, 0.6) is 0 Å². The summed E-state index contributed by atoms with van der Waals surface area (Å²) in [5, 5.41) is 9.72. The monoisotopic (exact) mass is 549 g/mol. The van der Waals surface area contributed by atoms with E-state index in [0.29, 0.717) is 22.9 Å². The van der Waals surface area contributed by atoms with Crippen LogP contribution in [-0.4, -0.2) is 35.4 Å². The Morgan fingerprint density at radius 2 is 1.89 bits per heavy atom. The zero-order valence-electron chi connectivity index (χ0n) is 19.1. The molecule has 0 saturated carbocycles. The lowest BCUT2D eigenvalue weighted by Crippen LogP contribution is -2.51. The third-order valence-corrected chi connectivity index (χ3v) is 6.12. The van der Waals surface area contributed by atoms with Crippen molar-refractivity contribution in [1.29, 1.82) is 5.26 Å². The van der Waals surface area contributed by atoms with Gasteiger partial charge in [-0.15, -0.1) is 0 Å². The minimum atomic E-state index is -4.60. The number of nitriles is 1. The number of nitrogens with zero attached hydrogens (tertiary/aromatic N) is 3. The van der Waals surface area contributed by atoms with Crippen molar-refractivity contribution in [3.63, 3.8) is 0 Å². The van der Waals surface area contributed by atoms with Crippen LogP contribution in [0.3, 0.4) is 0 Å². The van der Waals surface area contributed by atoms with Crippen molar-refractivity contribution in [3.8, 4) is 6.07 Å². The lowest BCUT2D eigenvalue weighted by molar-refractivity contribution is -0.139. The maximum Gasteiger partial charge on any atom is 0.416 e. The van der Waals surface area contributed by atoms with Crippen molar-refractivity contribution >= 4 is 33.6 Å². The number of halogens is 4. The number of esters is 1. The molecule has 6 nitrogen and oxygen atoms in total. The van der Waals surface area contributed by atoms with E-state index in [0.717, 1.165) is 17.0 Å². The number of rotatable bonds is 7. The van der Waals surface area contributed by atoms with Crippen LogP contribution in [0.25, 0.3) is 0 Å². The number of ether oxygens (including phenoxy) is 1. The molecule has 0 N–H and O–H groups in total. The van der Waals surface area contributed by atoms with E-state index in [4.69, 9.17) is 10.00 Å². The molecule has 1 heterocycles. The second-order valence-electron chi connectivity index (χ2n) is 7.76. The first-order chi connectivity index (χ1) is 16.6. The normalized spacial score (nSPS) is 16.4. The van der Waals surface area contributed by atoms with Crippen LogP contribution in [-0.2, 0) is 15.7 Å². The molecular weight excluding hydrogens is 527 g/mol. The van der Waals surface area contributed by atoms with E-state index < -0.39 is 29.8 Å². The zero-order chi connectivity index (χ0) is 25.8. The number of carbonyl (C=O) groups excluding carboxylic acids is 2. The van der Waals surface area contributed by atoms with Crippen LogP contribution in [0, 0.1) is 11.3 Å². The summed E-state index contributed by atoms with van der Waals surface area (Å²) in [4.78, 5) is 29.5. The molecule has 0 saturated heterocycles. The second-order valence-corrected chi connectivity index (χ2v) is 8.55. The van der Waals surface area contributed by atoms with E-state index >= 15 is 0 Å². The number of carbonyl (C=O) groups is 2. The molecule has 2 aromatic carbocycles. The number of allylic oxidation sites excluding steroid dienone is 1. The third-order valence-electron chi connectivity index (χ3n) is 5.56. The molecule has 10 heteroatoms. The second kappa shape index (κ2) is 11.0. The van der Waals surface area contributed by atoms with Gasteiger partial charge in [0, 0.05) is 17.6 Å². The minimum absolute atomic E-state index is 0.00811. The van der Waals surface area contributed by atoms with E-state index in [1.807, 2.05) is 6.07 Å². The molecule has 3 rings (SSSR count). The third kappa shape index (κ3) is 5.51. The smallest absolute Gasteiger partial charge is 0.416 e. The Kier molecular flexibility index (Phi) is 8.22. The average Bonchev–Trinajstić information content (AvgIpc) is 2.83. The van der Waals surface area contributed by atoms with Crippen LogP contribution >= 0.6 is 15.9 Å². The Morgan fingerprint density at radius 3 is 2.46 bits per heavy atom. The molecule has 2 amide bonds. The molecule has 0 spiro atoms. The van der Waals surface area contributed by atoms with Gasteiger partial charge in [0.05, 0.1) is 41.1 Å². The fourth-order valence-electron chi connectivity index (χ4n) is 3.99. The standard InChI is InChI=1S/C25H23BrF3N3O3/c1-3-35-23(33)21-16(2)32(20-7-4-6-19(14-20)25(27,28)29)24(34)31(13-5-12-26)22(21)18-10-8-17(15-30)9-11-18/h4,6-11,14,22H,3,5,12-13H2,1-2H3. The Labute approximate surface area is 209 Å². The molecule has 184 valence electrons. The molecular formula is C25H23BrF3N3O3. The highest BCUT2D eigenvalue weighted by molar-refractivity contribution is 9.09. The fourth-order valence-corrected chi connectivity index (χ4v) is 4.24. The van der Waals surface area contributed by atoms with E-state index in [-0.39, 0.29) is 30.1 Å². The Bertz CT molecular complexity index is 1170. The summed E-state index contributed by atoms with van der Waals surface area (Å²) in [7, 11) is 0. The van der Waals surface area contributed by atoms with Gasteiger partial charge in [-0.2, -0.15) is 18.4 Å². The van der Waals surface area contributed by atoms with E-state index in [2.05, 4.69) is 15.9 Å². The molecule has 0 radical (unpaired) electrons. The molecule has 1 unspecified atom stereocenters. The van der Waals surface area contributed by atoms with Gasteiger partial charge in [0.2, 0.25) is 0 Å². The van der Waals surface area contributed by atoms with Crippen LogP contribution in [0.1, 0.15) is 43.0 Å². The number of benzene rings is 2. The minimum Gasteiger partial charge on any atom is -0.463 e. The topological polar surface area (TPSA) is 73.6 Å². The first-order valence-electron chi connectivity index (χ1n) is 10.9. The summed E-state index contributed by atoms with van der Waals surface area (Å²) >= 11 is 3.35. The molecule has 0 fully saturated rings. The van der Waals surface area contributed by atoms with E-state index in [9.17, 15) is 22.8 Å². The van der Waals surface area contributed by atoms with Gasteiger partial charge in [-0.3, -0.25) is 4.90 Å². The zero-order valence-corrected chi connectivity index (χ0v) is 20.7. The van der Waals surface area contributed by atoms with Crippen molar-refractivity contribution in [2.75, 3.05) is 23.4 Å². The van der Waals surface area contributed by atoms with Gasteiger partial charge in [0.15, 0.2) is 0 Å². The summed E-state index contributed by atoms with van der Waals surface area (Å²) in [6.45, 7) is 3.46. The molecule has 1 atom stereocenters. The number of urea groups is 1. The lowest BCUT2D eigenvalue weighted by Gasteiger charge is -2.43. The number of alkyl halides is 4. The molecule has 1 aliphatic heterocycles. The summed E-state index contributed by atoms with van der Waals surface area (Å²) < 4.78 is 45.5.